The third-order valence-electron chi connectivity index (χ3n) is 2.91. The lowest BCUT2D eigenvalue weighted by Gasteiger charge is -2.28. The number of hydrogen-bond acceptors (Lipinski definition) is 2. The molecule has 0 amide bonds. The molecule has 2 heterocycles. The van der Waals surface area contributed by atoms with Crippen LogP contribution in [0.15, 0.2) is 12.1 Å². The number of anilines is 1. The first-order chi connectivity index (χ1) is 7.31. The van der Waals surface area contributed by atoms with Crippen LogP contribution in [0.5, 0.6) is 0 Å². The molecule has 0 saturated carbocycles. The fourth-order valence-electron chi connectivity index (χ4n) is 2.00. The van der Waals surface area contributed by atoms with Crippen molar-refractivity contribution in [1.82, 2.24) is 4.98 Å². The summed E-state index contributed by atoms with van der Waals surface area (Å²) in [6.07, 6.45) is 9.27. The lowest BCUT2D eigenvalue weighted by molar-refractivity contribution is 0.573. The van der Waals surface area contributed by atoms with Crippen molar-refractivity contribution in [1.29, 1.82) is 0 Å². The van der Waals surface area contributed by atoms with E-state index in [0.29, 0.717) is 0 Å². The summed E-state index contributed by atoms with van der Waals surface area (Å²) in [7, 11) is 0. The molecule has 2 nitrogen and oxygen atoms in total. The first-order valence-corrected chi connectivity index (χ1v) is 5.50. The standard InChI is InChI=1S/C13H16N2/c1-3-12-7-8-13(14-11(12)2)15-9-5-4-6-10-15/h1,7-8H,4-6,9-10H2,2H3. The molecule has 2 heteroatoms. The topological polar surface area (TPSA) is 16.1 Å². The van der Waals surface area contributed by atoms with E-state index < -0.39 is 0 Å². The minimum atomic E-state index is 0.899. The van der Waals surface area contributed by atoms with Gasteiger partial charge in [0, 0.05) is 18.7 Å². The Balaban J connectivity index is 2.22. The van der Waals surface area contributed by atoms with Gasteiger partial charge < -0.3 is 4.90 Å². The molecule has 0 aliphatic carbocycles. The predicted octanol–water partition coefficient (Wildman–Crippen LogP) is 2.36. The first kappa shape index (κ1) is 10.0. The van der Waals surface area contributed by atoms with Gasteiger partial charge in [-0.05, 0) is 38.3 Å². The smallest absolute Gasteiger partial charge is 0.128 e. The van der Waals surface area contributed by atoms with Gasteiger partial charge in [0.2, 0.25) is 0 Å². The summed E-state index contributed by atoms with van der Waals surface area (Å²) < 4.78 is 0. The van der Waals surface area contributed by atoms with Gasteiger partial charge in [-0.25, -0.2) is 4.98 Å². The van der Waals surface area contributed by atoms with Crippen LogP contribution in [0.2, 0.25) is 0 Å². The van der Waals surface area contributed by atoms with Crippen LogP contribution in [-0.2, 0) is 0 Å². The lowest BCUT2D eigenvalue weighted by Crippen LogP contribution is -2.30. The summed E-state index contributed by atoms with van der Waals surface area (Å²) >= 11 is 0. The molecule has 0 aromatic carbocycles. The van der Waals surface area contributed by atoms with Crippen LogP contribution in [0, 0.1) is 19.3 Å². The summed E-state index contributed by atoms with van der Waals surface area (Å²) in [5.41, 5.74) is 1.86. The molecule has 0 unspecified atom stereocenters. The highest BCUT2D eigenvalue weighted by Gasteiger charge is 2.12. The Morgan fingerprint density at radius 3 is 2.60 bits per heavy atom. The highest BCUT2D eigenvalue weighted by atomic mass is 15.2. The zero-order valence-corrected chi connectivity index (χ0v) is 9.16. The minimum absolute atomic E-state index is 0.899. The molecule has 0 bridgehead atoms. The largest absolute Gasteiger partial charge is 0.357 e. The summed E-state index contributed by atoms with van der Waals surface area (Å²) in [5.74, 6) is 3.72. The third kappa shape index (κ3) is 2.12. The van der Waals surface area contributed by atoms with Crippen molar-refractivity contribution < 1.29 is 0 Å². The van der Waals surface area contributed by atoms with Gasteiger partial charge in [0.05, 0.1) is 5.69 Å². The van der Waals surface area contributed by atoms with Crippen LogP contribution in [0.4, 0.5) is 5.82 Å². The van der Waals surface area contributed by atoms with E-state index in [4.69, 9.17) is 6.42 Å². The Bertz CT molecular complexity index is 384. The van der Waals surface area contributed by atoms with Gasteiger partial charge in [-0.3, -0.25) is 0 Å². The van der Waals surface area contributed by atoms with Crippen LogP contribution in [0.3, 0.4) is 0 Å². The Labute approximate surface area is 91.3 Å². The first-order valence-electron chi connectivity index (χ1n) is 5.50. The van der Waals surface area contributed by atoms with Crippen LogP contribution < -0.4 is 4.90 Å². The molecule has 1 fully saturated rings. The Hall–Kier alpha value is -1.49. The quantitative estimate of drug-likeness (QED) is 0.647. The van der Waals surface area contributed by atoms with Crippen molar-refractivity contribution in [3.05, 3.63) is 23.4 Å². The van der Waals surface area contributed by atoms with Gasteiger partial charge in [-0.15, -0.1) is 6.42 Å². The van der Waals surface area contributed by atoms with Gasteiger partial charge in [0.1, 0.15) is 5.82 Å². The number of aryl methyl sites for hydroxylation is 1. The fraction of sp³-hybridized carbons (Fsp3) is 0.462. The number of nitrogens with zero attached hydrogens (tertiary/aromatic N) is 2. The van der Waals surface area contributed by atoms with Crippen molar-refractivity contribution in [2.45, 2.75) is 26.2 Å². The molecule has 1 aliphatic rings. The predicted molar refractivity (Wildman–Crippen MR) is 63.0 cm³/mol. The summed E-state index contributed by atoms with van der Waals surface area (Å²) in [6.45, 7) is 4.23. The normalized spacial score (nSPS) is 16.1. The molecule has 2 rings (SSSR count). The fourth-order valence-corrected chi connectivity index (χ4v) is 2.00. The maximum atomic E-state index is 5.38. The average Bonchev–Trinajstić information content (AvgIpc) is 2.30. The van der Waals surface area contributed by atoms with Gasteiger partial charge in [0.25, 0.3) is 0 Å². The molecule has 1 aliphatic heterocycles. The van der Waals surface area contributed by atoms with Crippen molar-refractivity contribution in [3.8, 4) is 12.3 Å². The van der Waals surface area contributed by atoms with Crippen LogP contribution in [0.25, 0.3) is 0 Å². The molecule has 0 atom stereocenters. The van der Waals surface area contributed by atoms with E-state index in [1.54, 1.807) is 0 Å². The number of rotatable bonds is 1. The molecule has 0 spiro atoms. The lowest BCUT2D eigenvalue weighted by atomic mass is 10.1. The molecule has 78 valence electrons. The maximum absolute atomic E-state index is 5.38. The minimum Gasteiger partial charge on any atom is -0.357 e. The van der Waals surface area contributed by atoms with Gasteiger partial charge in [-0.1, -0.05) is 5.92 Å². The van der Waals surface area contributed by atoms with E-state index in [1.807, 2.05) is 19.1 Å². The van der Waals surface area contributed by atoms with Crippen molar-refractivity contribution >= 4 is 5.82 Å². The van der Waals surface area contributed by atoms with Crippen molar-refractivity contribution in [3.63, 3.8) is 0 Å². The van der Waals surface area contributed by atoms with Crippen LogP contribution in [-0.4, -0.2) is 18.1 Å². The average molecular weight is 200 g/mol. The number of terminal acetylenes is 1. The summed E-state index contributed by atoms with van der Waals surface area (Å²) in [4.78, 5) is 6.90. The molecular formula is C13H16N2. The molecule has 0 N–H and O–H groups in total. The SMILES string of the molecule is C#Cc1ccc(N2CCCCC2)nc1C. The number of pyridine rings is 1. The van der Waals surface area contributed by atoms with Gasteiger partial charge in [0.15, 0.2) is 0 Å². The van der Waals surface area contributed by atoms with Gasteiger partial charge in [-0.2, -0.15) is 0 Å². The Morgan fingerprint density at radius 2 is 2.00 bits per heavy atom. The number of aromatic nitrogens is 1. The Morgan fingerprint density at radius 1 is 1.27 bits per heavy atom. The van der Waals surface area contributed by atoms with E-state index in [-0.39, 0.29) is 0 Å². The summed E-state index contributed by atoms with van der Waals surface area (Å²) in [5, 5.41) is 0. The van der Waals surface area contributed by atoms with E-state index in [1.165, 1.54) is 19.3 Å². The van der Waals surface area contributed by atoms with Crippen molar-refractivity contribution in [2.75, 3.05) is 18.0 Å². The molecular weight excluding hydrogens is 184 g/mol. The van der Waals surface area contributed by atoms with E-state index in [9.17, 15) is 0 Å². The van der Waals surface area contributed by atoms with E-state index in [2.05, 4.69) is 15.8 Å². The molecule has 15 heavy (non-hydrogen) atoms. The summed E-state index contributed by atoms with van der Waals surface area (Å²) in [6, 6.07) is 4.03. The molecule has 1 aromatic rings. The second-order valence-corrected chi connectivity index (χ2v) is 3.99. The second-order valence-electron chi connectivity index (χ2n) is 3.99. The van der Waals surface area contributed by atoms with Crippen molar-refractivity contribution in [2.24, 2.45) is 0 Å². The molecule has 0 radical (unpaired) electrons. The van der Waals surface area contributed by atoms with Crippen LogP contribution in [0.1, 0.15) is 30.5 Å². The van der Waals surface area contributed by atoms with E-state index >= 15 is 0 Å². The highest BCUT2D eigenvalue weighted by Crippen LogP contribution is 2.18. The zero-order valence-electron chi connectivity index (χ0n) is 9.16. The maximum Gasteiger partial charge on any atom is 0.128 e. The molecule has 1 saturated heterocycles. The third-order valence-corrected chi connectivity index (χ3v) is 2.91. The zero-order chi connectivity index (χ0) is 10.7. The Kier molecular flexibility index (Phi) is 2.91. The molecule has 1 aromatic heterocycles. The van der Waals surface area contributed by atoms with Crippen LogP contribution >= 0.6 is 0 Å². The van der Waals surface area contributed by atoms with Gasteiger partial charge >= 0.3 is 0 Å². The monoisotopic (exact) mass is 200 g/mol. The second kappa shape index (κ2) is 4.35. The number of piperidine rings is 1. The van der Waals surface area contributed by atoms with E-state index in [0.717, 1.165) is 30.2 Å². The highest BCUT2D eigenvalue weighted by molar-refractivity contribution is 5.46. The number of hydrogen-bond donors (Lipinski definition) is 0.